The van der Waals surface area contributed by atoms with Crippen molar-refractivity contribution in [3.63, 3.8) is 0 Å². The first-order valence-electron chi connectivity index (χ1n) is 4.73. The fourth-order valence-corrected chi connectivity index (χ4v) is 2.37. The molecule has 0 amide bonds. The number of aliphatic hydroxyl groups excluding tert-OH is 1. The maximum atomic E-state index is 10.5. The SMILES string of the molecule is O=S(=O)(O)NC1COC(COS(=O)(=O)O)CC1O. The quantitative estimate of drug-likeness (QED) is 0.410. The summed E-state index contributed by atoms with van der Waals surface area (Å²) in [6.07, 6.45) is -2.13. The topological polar surface area (TPSA) is 159 Å². The predicted molar refractivity (Wildman–Crippen MR) is 56.3 cm³/mol. The van der Waals surface area contributed by atoms with E-state index in [1.165, 1.54) is 0 Å². The largest absolute Gasteiger partial charge is 0.397 e. The van der Waals surface area contributed by atoms with Crippen LogP contribution in [0.2, 0.25) is 0 Å². The second kappa shape index (κ2) is 5.75. The van der Waals surface area contributed by atoms with Crippen molar-refractivity contribution in [1.82, 2.24) is 4.72 Å². The first-order valence-corrected chi connectivity index (χ1v) is 7.53. The summed E-state index contributed by atoms with van der Waals surface area (Å²) in [6, 6.07) is -1.04. The van der Waals surface area contributed by atoms with E-state index in [0.717, 1.165) is 0 Å². The second-order valence-corrected chi connectivity index (χ2v) is 5.95. The smallest absolute Gasteiger partial charge is 0.391 e. The number of hydrogen-bond donors (Lipinski definition) is 4. The molecule has 18 heavy (non-hydrogen) atoms. The zero-order chi connectivity index (χ0) is 14.0. The molecule has 1 rings (SSSR count). The highest BCUT2D eigenvalue weighted by molar-refractivity contribution is 7.83. The summed E-state index contributed by atoms with van der Waals surface area (Å²) in [5.74, 6) is 0. The van der Waals surface area contributed by atoms with Gasteiger partial charge in [0.15, 0.2) is 0 Å². The van der Waals surface area contributed by atoms with Crippen LogP contribution in [0.15, 0.2) is 0 Å². The van der Waals surface area contributed by atoms with Crippen LogP contribution in [0.3, 0.4) is 0 Å². The van der Waals surface area contributed by atoms with E-state index in [1.54, 1.807) is 4.72 Å². The Kier molecular flexibility index (Phi) is 5.02. The molecule has 1 fully saturated rings. The Hall–Kier alpha value is -0.340. The Balaban J connectivity index is 2.46. The van der Waals surface area contributed by atoms with Gasteiger partial charge in [0.1, 0.15) is 0 Å². The van der Waals surface area contributed by atoms with E-state index in [2.05, 4.69) is 4.18 Å². The van der Waals surface area contributed by atoms with E-state index in [9.17, 15) is 21.9 Å². The van der Waals surface area contributed by atoms with Crippen molar-refractivity contribution in [1.29, 1.82) is 0 Å². The third-order valence-corrected chi connectivity index (χ3v) is 3.22. The number of aliphatic hydroxyl groups is 1. The van der Waals surface area contributed by atoms with Crippen molar-refractivity contribution in [2.75, 3.05) is 13.2 Å². The van der Waals surface area contributed by atoms with E-state index in [1.807, 2.05) is 0 Å². The monoisotopic (exact) mass is 307 g/mol. The van der Waals surface area contributed by atoms with Gasteiger partial charge in [-0.1, -0.05) is 0 Å². The fourth-order valence-electron chi connectivity index (χ4n) is 1.43. The molecular weight excluding hydrogens is 294 g/mol. The standard InChI is InChI=1S/C6H13NO9S2/c8-6-1-4(2-16-18(12,13)14)15-3-5(6)7-17(9,10)11/h4-8H,1-3H2,(H,9,10,11)(H,12,13,14). The lowest BCUT2D eigenvalue weighted by Crippen LogP contribution is -2.52. The van der Waals surface area contributed by atoms with Gasteiger partial charge in [0.05, 0.1) is 31.5 Å². The first kappa shape index (κ1) is 15.7. The van der Waals surface area contributed by atoms with Gasteiger partial charge >= 0.3 is 20.7 Å². The van der Waals surface area contributed by atoms with Crippen LogP contribution in [-0.4, -0.2) is 62.5 Å². The Labute approximate surface area is 104 Å². The van der Waals surface area contributed by atoms with Gasteiger partial charge in [-0.3, -0.25) is 9.11 Å². The average molecular weight is 307 g/mol. The van der Waals surface area contributed by atoms with Crippen molar-refractivity contribution in [2.24, 2.45) is 0 Å². The molecule has 0 bridgehead atoms. The molecule has 1 aliphatic rings. The fraction of sp³-hybridized carbons (Fsp3) is 1.00. The molecule has 0 saturated carbocycles. The number of rotatable bonds is 5. The second-order valence-electron chi connectivity index (χ2n) is 3.67. The zero-order valence-corrected chi connectivity index (χ0v) is 10.6. The number of ether oxygens (including phenoxy) is 1. The molecule has 3 atom stereocenters. The Morgan fingerprint density at radius 3 is 2.33 bits per heavy atom. The summed E-state index contributed by atoms with van der Waals surface area (Å²) >= 11 is 0. The first-order chi connectivity index (χ1) is 8.07. The molecule has 0 aromatic rings. The molecule has 0 aliphatic carbocycles. The lowest BCUT2D eigenvalue weighted by Gasteiger charge is -2.32. The van der Waals surface area contributed by atoms with Crippen LogP contribution >= 0.6 is 0 Å². The van der Waals surface area contributed by atoms with Gasteiger partial charge in [-0.15, -0.1) is 0 Å². The molecule has 108 valence electrons. The molecule has 1 aliphatic heterocycles. The summed E-state index contributed by atoms with van der Waals surface area (Å²) in [5, 5.41) is 9.55. The summed E-state index contributed by atoms with van der Waals surface area (Å²) in [6.45, 7) is -0.783. The molecule has 0 aromatic heterocycles. The predicted octanol–water partition coefficient (Wildman–Crippen LogP) is -2.28. The normalized spacial score (nSPS) is 30.3. The summed E-state index contributed by atoms with van der Waals surface area (Å²) in [7, 11) is -9.06. The zero-order valence-electron chi connectivity index (χ0n) is 8.96. The van der Waals surface area contributed by atoms with Gasteiger partial charge in [0, 0.05) is 6.42 Å². The minimum atomic E-state index is -4.60. The third-order valence-electron chi connectivity index (χ3n) is 2.18. The lowest BCUT2D eigenvalue weighted by molar-refractivity contribution is -0.0758. The van der Waals surface area contributed by atoms with Crippen molar-refractivity contribution in [3.8, 4) is 0 Å². The number of hydrogen-bond acceptors (Lipinski definition) is 7. The molecule has 0 radical (unpaired) electrons. The molecular formula is C6H13NO9S2. The molecule has 12 heteroatoms. The van der Waals surface area contributed by atoms with Crippen LogP contribution in [0, 0.1) is 0 Å². The van der Waals surface area contributed by atoms with Crippen molar-refractivity contribution in [2.45, 2.75) is 24.7 Å². The molecule has 4 N–H and O–H groups in total. The average Bonchev–Trinajstić information content (AvgIpc) is 2.15. The van der Waals surface area contributed by atoms with Gasteiger partial charge in [-0.25, -0.2) is 4.18 Å². The van der Waals surface area contributed by atoms with Gasteiger partial charge < -0.3 is 9.84 Å². The lowest BCUT2D eigenvalue weighted by atomic mass is 10.0. The minimum Gasteiger partial charge on any atom is -0.391 e. The van der Waals surface area contributed by atoms with Crippen molar-refractivity contribution in [3.05, 3.63) is 0 Å². The van der Waals surface area contributed by atoms with E-state index >= 15 is 0 Å². The molecule has 1 saturated heterocycles. The van der Waals surface area contributed by atoms with Crippen molar-refractivity contribution >= 4 is 20.7 Å². The number of nitrogens with one attached hydrogen (secondary N) is 1. The Bertz CT molecular complexity index is 471. The molecule has 10 nitrogen and oxygen atoms in total. The molecule has 0 aromatic carbocycles. The summed E-state index contributed by atoms with van der Waals surface area (Å²) in [5.41, 5.74) is 0. The minimum absolute atomic E-state index is 0.122. The maximum Gasteiger partial charge on any atom is 0.397 e. The van der Waals surface area contributed by atoms with Crippen molar-refractivity contribution < 1.29 is 40.0 Å². The van der Waals surface area contributed by atoms with Crippen LogP contribution in [0.4, 0.5) is 0 Å². The Morgan fingerprint density at radius 1 is 1.28 bits per heavy atom. The third kappa shape index (κ3) is 6.01. The van der Waals surface area contributed by atoms with E-state index < -0.39 is 45.6 Å². The van der Waals surface area contributed by atoms with E-state index in [0.29, 0.717) is 0 Å². The van der Waals surface area contributed by atoms with Gasteiger partial charge in [0.2, 0.25) is 0 Å². The maximum absolute atomic E-state index is 10.5. The molecule has 1 heterocycles. The van der Waals surface area contributed by atoms with Gasteiger partial charge in [-0.05, 0) is 0 Å². The highest BCUT2D eigenvalue weighted by Gasteiger charge is 2.32. The molecule has 0 spiro atoms. The van der Waals surface area contributed by atoms with Gasteiger partial charge in [-0.2, -0.15) is 21.6 Å². The van der Waals surface area contributed by atoms with Crippen LogP contribution in [0.25, 0.3) is 0 Å². The highest BCUT2D eigenvalue weighted by atomic mass is 32.3. The van der Waals surface area contributed by atoms with Crippen LogP contribution < -0.4 is 4.72 Å². The van der Waals surface area contributed by atoms with Crippen LogP contribution in [0.5, 0.6) is 0 Å². The highest BCUT2D eigenvalue weighted by Crippen LogP contribution is 2.16. The van der Waals surface area contributed by atoms with Crippen LogP contribution in [-0.2, 0) is 29.6 Å². The van der Waals surface area contributed by atoms with E-state index in [4.69, 9.17) is 13.8 Å². The summed E-state index contributed by atoms with van der Waals surface area (Å²) in [4.78, 5) is 0. The van der Waals surface area contributed by atoms with Crippen LogP contribution in [0.1, 0.15) is 6.42 Å². The van der Waals surface area contributed by atoms with Gasteiger partial charge in [0.25, 0.3) is 0 Å². The van der Waals surface area contributed by atoms with E-state index in [-0.39, 0.29) is 13.0 Å². The summed E-state index contributed by atoms with van der Waals surface area (Å²) < 4.78 is 69.3. The Morgan fingerprint density at radius 2 is 1.89 bits per heavy atom. The molecule has 3 unspecified atom stereocenters.